The minimum atomic E-state index is -1.51. The first-order valence-corrected chi connectivity index (χ1v) is 29.5. The Morgan fingerprint density at radius 3 is 1.15 bits per heavy atom. The number of ether oxygens (including phenoxy) is 8. The Bertz CT molecular complexity index is 1980. The Labute approximate surface area is 514 Å². The molecule has 0 spiro atoms. The molecular weight excluding hydrogens is 1190 g/mol. The van der Waals surface area contributed by atoms with Crippen LogP contribution in [0, 0.1) is 0 Å². The zero-order chi connectivity index (χ0) is 65.7. The van der Waals surface area contributed by atoms with E-state index in [9.17, 15) is 79.5 Å². The summed E-state index contributed by atoms with van der Waals surface area (Å²) in [4.78, 5) is 96.5. The number of nitrogens with one attached hydrogen (secondary N) is 10. The molecule has 0 saturated carbocycles. The lowest BCUT2D eigenvalue weighted by atomic mass is 9.97. The second-order valence-electron chi connectivity index (χ2n) is 21.2. The van der Waals surface area contributed by atoms with Crippen molar-refractivity contribution in [3.05, 3.63) is 0 Å². The Morgan fingerprint density at radius 2 is 0.798 bits per heavy atom. The van der Waals surface area contributed by atoms with E-state index in [-0.39, 0.29) is 110 Å². The highest BCUT2D eigenvalue weighted by atomic mass is 16.8. The van der Waals surface area contributed by atoms with Crippen LogP contribution in [0.5, 0.6) is 0 Å². The maximum atomic E-state index is 13.0. The fourth-order valence-electron chi connectivity index (χ4n) is 9.16. The van der Waals surface area contributed by atoms with Crippen LogP contribution in [0.15, 0.2) is 0 Å². The monoisotopic (exact) mass is 1290 g/mol. The molecule has 37 nitrogen and oxygen atoms in total. The van der Waals surface area contributed by atoms with E-state index < -0.39 is 153 Å². The largest absolute Gasteiger partial charge is 0.394 e. The quantitative estimate of drug-likeness (QED) is 0.0199. The normalized spacial score (nSPS) is 27.6. The number of hydrogen-bond donors (Lipinski definition) is 20. The van der Waals surface area contributed by atoms with Crippen LogP contribution >= 0.6 is 0 Å². The molecule has 7 amide bonds. The highest BCUT2D eigenvalue weighted by Crippen LogP contribution is 2.25. The van der Waals surface area contributed by atoms with Crippen molar-refractivity contribution >= 4 is 41.4 Å². The van der Waals surface area contributed by atoms with E-state index in [2.05, 4.69) is 58.2 Å². The molecule has 15 atom stereocenters. The summed E-state index contributed by atoms with van der Waals surface area (Å²) in [6.45, 7) is 2.53. The Kier molecular flexibility index (Phi) is 38.9. The topological polar surface area (TPSA) is 540 Å². The van der Waals surface area contributed by atoms with Crippen LogP contribution in [-0.2, 0) is 81.1 Å². The van der Waals surface area contributed by atoms with Gasteiger partial charge in [0, 0.05) is 79.3 Å². The summed E-state index contributed by atoms with van der Waals surface area (Å²) in [5.41, 5.74) is 1.14. The highest BCUT2D eigenvalue weighted by Gasteiger charge is 2.48. The van der Waals surface area contributed by atoms with Gasteiger partial charge in [0.15, 0.2) is 12.6 Å². The van der Waals surface area contributed by atoms with Gasteiger partial charge in [-0.1, -0.05) is 0 Å². The molecule has 0 aromatic carbocycles. The molecule has 3 saturated heterocycles. The molecule has 3 aliphatic heterocycles. The summed E-state index contributed by atoms with van der Waals surface area (Å²) in [7, 11) is 0. The highest BCUT2D eigenvalue weighted by molar-refractivity contribution is 5.78. The molecule has 0 bridgehead atoms. The predicted molar refractivity (Wildman–Crippen MR) is 303 cm³/mol. The van der Waals surface area contributed by atoms with Crippen molar-refractivity contribution in [2.24, 2.45) is 5.90 Å². The van der Waals surface area contributed by atoms with Crippen molar-refractivity contribution in [2.75, 3.05) is 132 Å². The van der Waals surface area contributed by atoms with Crippen LogP contribution in [0.25, 0.3) is 0 Å². The second kappa shape index (κ2) is 44.0. The second-order valence-corrected chi connectivity index (χ2v) is 21.2. The van der Waals surface area contributed by atoms with Crippen LogP contribution in [0.2, 0.25) is 0 Å². The van der Waals surface area contributed by atoms with E-state index in [4.69, 9.17) is 48.6 Å². The Morgan fingerprint density at radius 1 is 0.449 bits per heavy atom. The average molecular weight is 1290 g/mol. The molecule has 3 aliphatic rings. The van der Waals surface area contributed by atoms with Gasteiger partial charge in [-0.2, -0.15) is 5.48 Å². The van der Waals surface area contributed by atoms with Gasteiger partial charge in [0.2, 0.25) is 47.6 Å². The van der Waals surface area contributed by atoms with Crippen LogP contribution in [0.4, 0.5) is 0 Å². The number of aliphatic hydroxyl groups excluding tert-OH is 9. The zero-order valence-corrected chi connectivity index (χ0v) is 50.6. The summed E-state index contributed by atoms with van der Waals surface area (Å²) in [6, 6.07) is -3.32. The number of rotatable bonds is 46. The minimum absolute atomic E-state index is 0.0716. The third-order valence-corrected chi connectivity index (χ3v) is 13.7. The lowest BCUT2D eigenvalue weighted by Crippen LogP contribution is -2.65. The molecule has 516 valence electrons. The summed E-state index contributed by atoms with van der Waals surface area (Å²) in [5.74, 6) is 1.88. The third-order valence-electron chi connectivity index (χ3n) is 13.7. The standard InChI is InChI=1S/C52H97N11O26/c1-30(67)60-40-46(77)43(74)33(23-64)86-49(40)83-21-16-54-10-4-12-56-36(70)7-18-80-27-52(63-39(73)26-85-53,29-82-20-9-38(72)58-14-6-15-59-89-51-42(62-32(3)69)48(79)45(76)35(25-66)88-51)28-81-19-8-37(71)57-13-5-11-55-17-22-84-50-41(61-31(2)68)47(78)44(75)34(24-65)87-50/h33-35,40-51,54-55,59,64-66,74-79H,4-29,53H2,1-3H3,(H,56,70)(H,57,71)(H,58,72)(H,60,67)(H,61,68)(H,62,69)(H,63,73). The predicted octanol–water partition coefficient (Wildman–Crippen LogP) is -11.0. The fourth-order valence-corrected chi connectivity index (χ4v) is 9.16. The van der Waals surface area contributed by atoms with E-state index in [0.717, 1.165) is 0 Å². The first-order valence-electron chi connectivity index (χ1n) is 29.5. The maximum Gasteiger partial charge on any atom is 0.248 e. The molecule has 89 heavy (non-hydrogen) atoms. The first-order chi connectivity index (χ1) is 42.6. The van der Waals surface area contributed by atoms with Crippen LogP contribution in [-0.4, -0.2) is 316 Å². The lowest BCUT2D eigenvalue weighted by Gasteiger charge is -2.42. The number of carbonyl (C=O) groups excluding carboxylic acids is 7. The van der Waals surface area contributed by atoms with Crippen molar-refractivity contribution in [2.45, 2.75) is 157 Å². The van der Waals surface area contributed by atoms with Crippen LogP contribution in [0.3, 0.4) is 0 Å². The third kappa shape index (κ3) is 29.7. The van der Waals surface area contributed by atoms with E-state index in [1.807, 2.05) is 0 Å². The van der Waals surface area contributed by atoms with Gasteiger partial charge >= 0.3 is 0 Å². The van der Waals surface area contributed by atoms with Gasteiger partial charge in [0.05, 0.1) is 72.7 Å². The number of carbonyl (C=O) groups is 7. The van der Waals surface area contributed by atoms with Gasteiger partial charge in [-0.25, -0.2) is 5.90 Å². The summed E-state index contributed by atoms with van der Waals surface area (Å²) < 4.78 is 45.7. The van der Waals surface area contributed by atoms with E-state index >= 15 is 0 Å². The molecule has 3 heterocycles. The molecule has 0 aliphatic carbocycles. The zero-order valence-electron chi connectivity index (χ0n) is 50.6. The molecule has 0 aromatic heterocycles. The van der Waals surface area contributed by atoms with E-state index in [1.165, 1.54) is 20.8 Å². The molecule has 37 heteroatoms. The molecule has 0 aromatic rings. The molecule has 15 unspecified atom stereocenters. The number of hydroxylamine groups is 1. The van der Waals surface area contributed by atoms with Crippen molar-refractivity contribution in [1.29, 1.82) is 0 Å². The van der Waals surface area contributed by atoms with E-state index in [0.29, 0.717) is 45.4 Å². The average Bonchev–Trinajstić information content (AvgIpc) is 1.22. The number of hydrogen-bond acceptors (Lipinski definition) is 30. The van der Waals surface area contributed by atoms with Crippen LogP contribution in [0.1, 0.15) is 59.3 Å². The lowest BCUT2D eigenvalue weighted by molar-refractivity contribution is -0.286. The van der Waals surface area contributed by atoms with Crippen LogP contribution < -0.4 is 59.2 Å². The molecule has 3 fully saturated rings. The first kappa shape index (κ1) is 78.6. The van der Waals surface area contributed by atoms with Crippen molar-refractivity contribution in [3.8, 4) is 0 Å². The number of nitrogens with two attached hydrogens (primary N) is 1. The maximum absolute atomic E-state index is 13.0. The molecule has 0 radical (unpaired) electrons. The van der Waals surface area contributed by atoms with Gasteiger partial charge in [0.25, 0.3) is 0 Å². The molecular formula is C52H97N11O26. The van der Waals surface area contributed by atoms with Gasteiger partial charge < -0.3 is 132 Å². The smallest absolute Gasteiger partial charge is 0.248 e. The van der Waals surface area contributed by atoms with Gasteiger partial charge in [-0.15, -0.1) is 0 Å². The minimum Gasteiger partial charge on any atom is -0.394 e. The Hall–Kier alpha value is -4.63. The summed E-state index contributed by atoms with van der Waals surface area (Å²) in [6.07, 6.45) is -14.8. The summed E-state index contributed by atoms with van der Waals surface area (Å²) >= 11 is 0. The van der Waals surface area contributed by atoms with Crippen molar-refractivity contribution in [3.63, 3.8) is 0 Å². The number of aliphatic hydroxyl groups is 9. The van der Waals surface area contributed by atoms with Gasteiger partial charge in [0.1, 0.15) is 85.2 Å². The van der Waals surface area contributed by atoms with Crippen molar-refractivity contribution < 1.29 is 127 Å². The summed E-state index contributed by atoms with van der Waals surface area (Å²) in [5, 5.41) is 115. The SMILES string of the molecule is CC(=O)NC1C(OCCNCCCNC(=O)CCOCC(COCCC(=O)NCCCNCCOC2OC(CO)C(O)C(O)C2NC(C)=O)(COCCC(=O)NCCCNOC2OC(CO)C(O)C(O)C2NC(C)=O)NC(=O)CON)OC(CO)C(O)C1O. The molecule has 21 N–H and O–H groups in total. The van der Waals surface area contributed by atoms with Crippen molar-refractivity contribution in [1.82, 2.24) is 53.3 Å². The van der Waals surface area contributed by atoms with Gasteiger partial charge in [-0.05, 0) is 32.4 Å². The number of amides is 7. The van der Waals surface area contributed by atoms with E-state index in [1.54, 1.807) is 0 Å². The molecule has 3 rings (SSSR count). The van der Waals surface area contributed by atoms with Gasteiger partial charge in [-0.3, -0.25) is 43.2 Å². The Balaban J connectivity index is 1.48. The fraction of sp³-hybridized carbons (Fsp3) is 0.865.